The van der Waals surface area contributed by atoms with E-state index in [9.17, 15) is 0 Å². The molecule has 0 saturated heterocycles. The molecule has 0 aliphatic heterocycles. The van der Waals surface area contributed by atoms with E-state index in [0.29, 0.717) is 19.0 Å². The van der Waals surface area contributed by atoms with Crippen molar-refractivity contribution >= 4 is 11.6 Å². The van der Waals surface area contributed by atoms with Crippen LogP contribution in [0.1, 0.15) is 24.9 Å². The van der Waals surface area contributed by atoms with E-state index in [1.165, 1.54) is 0 Å². The van der Waals surface area contributed by atoms with Gasteiger partial charge in [0.25, 0.3) is 0 Å². The molecule has 0 bridgehead atoms. The van der Waals surface area contributed by atoms with Gasteiger partial charge in [-0.3, -0.25) is 0 Å². The lowest BCUT2D eigenvalue weighted by Gasteiger charge is -2.10. The second kappa shape index (κ2) is 7.44. The molecule has 2 rings (SSSR count). The molecule has 0 aromatic carbocycles. The molecule has 0 spiro atoms. The molecule has 0 fully saturated rings. The Kier molecular flexibility index (Phi) is 5.31. The smallest absolute Gasteiger partial charge is 0.158 e. The number of ether oxygens (including phenoxy) is 1. The Hall–Kier alpha value is -2.15. The van der Waals surface area contributed by atoms with Gasteiger partial charge in [0.1, 0.15) is 30.2 Å². The molecule has 0 radical (unpaired) electrons. The Bertz CT molecular complexity index is 515. The molecular weight excluding hydrogens is 258 g/mol. The first-order chi connectivity index (χ1) is 9.81. The molecule has 0 saturated carbocycles. The monoisotopic (exact) mass is 277 g/mol. The lowest BCUT2D eigenvalue weighted by Crippen LogP contribution is -2.09. The van der Waals surface area contributed by atoms with Crippen LogP contribution in [-0.2, 0) is 17.9 Å². The Labute approximate surface area is 117 Å². The molecule has 20 heavy (non-hydrogen) atoms. The predicted molar refractivity (Wildman–Crippen MR) is 75.4 cm³/mol. The fourth-order valence-electron chi connectivity index (χ4n) is 1.63. The van der Waals surface area contributed by atoms with Crippen molar-refractivity contribution in [2.45, 2.75) is 26.5 Å². The van der Waals surface area contributed by atoms with Crippen molar-refractivity contribution in [1.29, 1.82) is 0 Å². The zero-order chi connectivity index (χ0) is 14.2. The molecule has 2 N–H and O–H groups in total. The van der Waals surface area contributed by atoms with Crippen LogP contribution in [0.2, 0.25) is 0 Å². The quantitative estimate of drug-likeness (QED) is 0.763. The minimum Gasteiger partial charge on any atom is -0.377 e. The number of rotatable bonds is 8. The van der Waals surface area contributed by atoms with Crippen LogP contribution in [0, 0.1) is 0 Å². The van der Waals surface area contributed by atoms with Gasteiger partial charge in [-0.05, 0) is 6.42 Å². The fourth-order valence-corrected chi connectivity index (χ4v) is 1.63. The number of hydrogen-bond acceptors (Lipinski definition) is 7. The van der Waals surface area contributed by atoms with Crippen molar-refractivity contribution in [3.8, 4) is 0 Å². The number of anilines is 2. The van der Waals surface area contributed by atoms with E-state index in [4.69, 9.17) is 9.26 Å². The van der Waals surface area contributed by atoms with Crippen molar-refractivity contribution in [3.63, 3.8) is 0 Å². The van der Waals surface area contributed by atoms with E-state index in [1.807, 2.05) is 6.07 Å². The van der Waals surface area contributed by atoms with Crippen LogP contribution in [0.5, 0.6) is 0 Å². The van der Waals surface area contributed by atoms with Crippen LogP contribution in [0.15, 0.2) is 22.9 Å². The zero-order valence-corrected chi connectivity index (χ0v) is 11.7. The van der Waals surface area contributed by atoms with Gasteiger partial charge >= 0.3 is 0 Å². The standard InChI is InChI=1S/C13H19N5O2/c1-3-5-14-11-7-12(17-13(16-11)9-19-2)15-8-10-4-6-20-18-10/h4,6-7H,3,5,8-9H2,1-2H3,(H2,14,15,16,17). The van der Waals surface area contributed by atoms with Crippen molar-refractivity contribution in [3.05, 3.63) is 29.9 Å². The molecule has 108 valence electrons. The van der Waals surface area contributed by atoms with Crippen LogP contribution >= 0.6 is 0 Å². The van der Waals surface area contributed by atoms with Gasteiger partial charge in [-0.1, -0.05) is 12.1 Å². The number of nitrogens with one attached hydrogen (secondary N) is 2. The highest BCUT2D eigenvalue weighted by molar-refractivity contribution is 5.47. The summed E-state index contributed by atoms with van der Waals surface area (Å²) < 4.78 is 9.87. The second-order valence-electron chi connectivity index (χ2n) is 4.26. The summed E-state index contributed by atoms with van der Waals surface area (Å²) in [4.78, 5) is 8.77. The van der Waals surface area contributed by atoms with Gasteiger partial charge in [0.05, 0.1) is 6.54 Å². The van der Waals surface area contributed by atoms with Gasteiger partial charge in [-0.2, -0.15) is 0 Å². The highest BCUT2D eigenvalue weighted by Crippen LogP contribution is 2.13. The first-order valence-corrected chi connectivity index (χ1v) is 6.55. The van der Waals surface area contributed by atoms with E-state index in [1.54, 1.807) is 19.4 Å². The topological polar surface area (TPSA) is 85.1 Å². The van der Waals surface area contributed by atoms with Crippen LogP contribution in [0.3, 0.4) is 0 Å². The van der Waals surface area contributed by atoms with Crippen LogP contribution in [-0.4, -0.2) is 28.8 Å². The molecule has 0 amide bonds. The maximum Gasteiger partial charge on any atom is 0.158 e. The number of methoxy groups -OCH3 is 1. The summed E-state index contributed by atoms with van der Waals surface area (Å²) in [6.45, 7) is 3.90. The molecule has 2 heterocycles. The lowest BCUT2D eigenvalue weighted by molar-refractivity contribution is 0.178. The summed E-state index contributed by atoms with van der Waals surface area (Å²) in [7, 11) is 1.62. The number of nitrogens with zero attached hydrogens (tertiary/aromatic N) is 3. The fraction of sp³-hybridized carbons (Fsp3) is 0.462. The Morgan fingerprint density at radius 3 is 2.70 bits per heavy atom. The Morgan fingerprint density at radius 2 is 2.05 bits per heavy atom. The average molecular weight is 277 g/mol. The third-order valence-electron chi connectivity index (χ3n) is 2.54. The summed E-state index contributed by atoms with van der Waals surface area (Å²) >= 11 is 0. The van der Waals surface area contributed by atoms with E-state index in [0.717, 1.165) is 30.3 Å². The summed E-state index contributed by atoms with van der Waals surface area (Å²) in [5, 5.41) is 10.3. The van der Waals surface area contributed by atoms with Gasteiger partial charge in [0, 0.05) is 25.8 Å². The average Bonchev–Trinajstić information content (AvgIpc) is 2.96. The van der Waals surface area contributed by atoms with Crippen molar-refractivity contribution in [1.82, 2.24) is 15.1 Å². The van der Waals surface area contributed by atoms with Crippen LogP contribution in [0.4, 0.5) is 11.6 Å². The minimum absolute atomic E-state index is 0.375. The van der Waals surface area contributed by atoms with Crippen molar-refractivity contribution in [2.24, 2.45) is 0 Å². The van der Waals surface area contributed by atoms with Crippen LogP contribution in [0.25, 0.3) is 0 Å². The maximum atomic E-state index is 5.08. The van der Waals surface area contributed by atoms with Crippen molar-refractivity contribution in [2.75, 3.05) is 24.3 Å². The third-order valence-corrected chi connectivity index (χ3v) is 2.54. The number of aromatic nitrogens is 3. The highest BCUT2D eigenvalue weighted by Gasteiger charge is 2.05. The maximum absolute atomic E-state index is 5.08. The normalized spacial score (nSPS) is 10.5. The van der Waals surface area contributed by atoms with Gasteiger partial charge in [0.2, 0.25) is 0 Å². The first kappa shape index (κ1) is 14.3. The molecule has 7 nitrogen and oxygen atoms in total. The molecule has 0 atom stereocenters. The molecule has 0 aliphatic rings. The van der Waals surface area contributed by atoms with E-state index >= 15 is 0 Å². The SMILES string of the molecule is CCCNc1cc(NCc2ccon2)nc(COC)n1. The van der Waals surface area contributed by atoms with E-state index < -0.39 is 0 Å². The zero-order valence-electron chi connectivity index (χ0n) is 11.7. The van der Waals surface area contributed by atoms with Gasteiger partial charge in [0.15, 0.2) is 5.82 Å². The Morgan fingerprint density at radius 1 is 1.25 bits per heavy atom. The third kappa shape index (κ3) is 4.20. The summed E-state index contributed by atoms with van der Waals surface area (Å²) in [5.74, 6) is 2.15. The molecule has 0 unspecified atom stereocenters. The Balaban J connectivity index is 2.06. The largest absolute Gasteiger partial charge is 0.377 e. The molecule has 7 heteroatoms. The van der Waals surface area contributed by atoms with E-state index in [-0.39, 0.29) is 0 Å². The van der Waals surface area contributed by atoms with Gasteiger partial charge < -0.3 is 19.9 Å². The minimum atomic E-state index is 0.375. The predicted octanol–water partition coefficient (Wildman–Crippen LogP) is 2.04. The van der Waals surface area contributed by atoms with Gasteiger partial charge in [-0.15, -0.1) is 0 Å². The summed E-state index contributed by atoms with van der Waals surface area (Å²) in [6, 6.07) is 3.68. The van der Waals surface area contributed by atoms with Gasteiger partial charge in [-0.25, -0.2) is 9.97 Å². The summed E-state index contributed by atoms with van der Waals surface area (Å²) in [6.07, 6.45) is 2.58. The molecule has 0 aliphatic carbocycles. The highest BCUT2D eigenvalue weighted by atomic mass is 16.5. The second-order valence-corrected chi connectivity index (χ2v) is 4.26. The van der Waals surface area contributed by atoms with E-state index in [2.05, 4.69) is 32.7 Å². The number of hydrogen-bond donors (Lipinski definition) is 2. The first-order valence-electron chi connectivity index (χ1n) is 6.55. The molecule has 2 aromatic heterocycles. The van der Waals surface area contributed by atoms with Crippen molar-refractivity contribution < 1.29 is 9.26 Å². The summed E-state index contributed by atoms with van der Waals surface area (Å²) in [5.41, 5.74) is 0.819. The molecule has 2 aromatic rings. The molecular formula is C13H19N5O2. The van der Waals surface area contributed by atoms with Crippen LogP contribution < -0.4 is 10.6 Å². The lowest BCUT2D eigenvalue weighted by atomic mass is 10.4.